The maximum atomic E-state index is 12.5. The number of hydrogen-bond acceptors (Lipinski definition) is 6. The highest BCUT2D eigenvalue weighted by Crippen LogP contribution is 2.39. The van der Waals surface area contributed by atoms with Crippen LogP contribution in [0.25, 0.3) is 11.0 Å². The van der Waals surface area contributed by atoms with E-state index in [2.05, 4.69) is 6.92 Å². The SMILES string of the molecule is CCCCCCCCCCOc1c(OC(C)C)c(=O)oc2cccc(OC(C)=O)c12. The van der Waals surface area contributed by atoms with E-state index in [1.54, 1.807) is 18.2 Å². The predicted octanol–water partition coefficient (Wildman–Crippen LogP) is 6.03. The molecule has 0 spiro atoms. The van der Waals surface area contributed by atoms with Crippen LogP contribution >= 0.6 is 0 Å². The molecule has 1 aromatic heterocycles. The summed E-state index contributed by atoms with van der Waals surface area (Å²) in [4.78, 5) is 24.0. The van der Waals surface area contributed by atoms with Gasteiger partial charge in [-0.3, -0.25) is 4.79 Å². The van der Waals surface area contributed by atoms with E-state index in [1.807, 2.05) is 13.8 Å². The number of unbranched alkanes of at least 4 members (excludes halogenated alkanes) is 7. The number of carbonyl (C=O) groups excluding carboxylic acids is 1. The molecule has 30 heavy (non-hydrogen) atoms. The lowest BCUT2D eigenvalue weighted by Crippen LogP contribution is -2.16. The van der Waals surface area contributed by atoms with Crippen LogP contribution in [-0.2, 0) is 4.79 Å². The van der Waals surface area contributed by atoms with Gasteiger partial charge in [0, 0.05) is 6.92 Å². The smallest absolute Gasteiger partial charge is 0.383 e. The van der Waals surface area contributed by atoms with Gasteiger partial charge in [-0.2, -0.15) is 0 Å². The van der Waals surface area contributed by atoms with Gasteiger partial charge in [0.15, 0.2) is 5.75 Å². The second-order valence-corrected chi connectivity index (χ2v) is 7.76. The van der Waals surface area contributed by atoms with E-state index in [1.165, 1.54) is 45.4 Å². The third kappa shape index (κ3) is 7.08. The van der Waals surface area contributed by atoms with Gasteiger partial charge in [-0.15, -0.1) is 0 Å². The Labute approximate surface area is 178 Å². The van der Waals surface area contributed by atoms with Gasteiger partial charge in [0.1, 0.15) is 16.7 Å². The van der Waals surface area contributed by atoms with Crippen molar-refractivity contribution in [2.45, 2.75) is 85.2 Å². The summed E-state index contributed by atoms with van der Waals surface area (Å²) in [5.41, 5.74) is -0.317. The fourth-order valence-corrected chi connectivity index (χ4v) is 3.30. The molecule has 6 nitrogen and oxygen atoms in total. The molecule has 0 saturated heterocycles. The summed E-state index contributed by atoms with van der Waals surface area (Å²) in [5, 5.41) is 0.433. The van der Waals surface area contributed by atoms with Gasteiger partial charge in [-0.1, -0.05) is 57.9 Å². The molecule has 6 heteroatoms. The fourth-order valence-electron chi connectivity index (χ4n) is 3.30. The lowest BCUT2D eigenvalue weighted by molar-refractivity contribution is -0.131. The van der Waals surface area contributed by atoms with Crippen molar-refractivity contribution in [2.24, 2.45) is 0 Å². The molecule has 2 rings (SSSR count). The van der Waals surface area contributed by atoms with Gasteiger partial charge in [-0.25, -0.2) is 4.79 Å². The second kappa shape index (κ2) is 12.3. The van der Waals surface area contributed by atoms with E-state index in [0.717, 1.165) is 12.8 Å². The molecule has 0 aliphatic carbocycles. The summed E-state index contributed by atoms with van der Waals surface area (Å²) in [6.45, 7) is 7.63. The number of benzene rings is 1. The van der Waals surface area contributed by atoms with Crippen LogP contribution in [0.4, 0.5) is 0 Å². The molecule has 0 N–H and O–H groups in total. The summed E-state index contributed by atoms with van der Waals surface area (Å²) in [7, 11) is 0. The summed E-state index contributed by atoms with van der Waals surface area (Å²) < 4.78 is 22.4. The van der Waals surface area contributed by atoms with Crippen molar-refractivity contribution in [1.29, 1.82) is 0 Å². The molecule has 0 bridgehead atoms. The lowest BCUT2D eigenvalue weighted by atomic mass is 10.1. The minimum Gasteiger partial charge on any atom is -0.489 e. The quantitative estimate of drug-likeness (QED) is 0.171. The third-order valence-electron chi connectivity index (χ3n) is 4.66. The Morgan fingerprint density at radius 3 is 2.30 bits per heavy atom. The molecule has 1 heterocycles. The van der Waals surface area contributed by atoms with E-state index >= 15 is 0 Å². The Morgan fingerprint density at radius 1 is 1.00 bits per heavy atom. The van der Waals surface area contributed by atoms with Crippen LogP contribution in [0.5, 0.6) is 17.2 Å². The Morgan fingerprint density at radius 2 is 1.67 bits per heavy atom. The van der Waals surface area contributed by atoms with Crippen LogP contribution in [0, 0.1) is 0 Å². The van der Waals surface area contributed by atoms with Gasteiger partial charge in [0.2, 0.25) is 5.75 Å². The fraction of sp³-hybridized carbons (Fsp3) is 0.583. The maximum absolute atomic E-state index is 12.5. The van der Waals surface area contributed by atoms with Crippen LogP contribution in [0.3, 0.4) is 0 Å². The summed E-state index contributed by atoms with van der Waals surface area (Å²) in [6, 6.07) is 4.95. The largest absolute Gasteiger partial charge is 0.489 e. The first-order chi connectivity index (χ1) is 14.4. The topological polar surface area (TPSA) is 75.0 Å². The van der Waals surface area contributed by atoms with Crippen molar-refractivity contribution >= 4 is 16.9 Å². The number of hydrogen-bond donors (Lipinski definition) is 0. The average Bonchev–Trinajstić information content (AvgIpc) is 2.68. The highest BCUT2D eigenvalue weighted by molar-refractivity contribution is 5.93. The van der Waals surface area contributed by atoms with Crippen molar-refractivity contribution < 1.29 is 23.4 Å². The molecule has 0 unspecified atom stereocenters. The Kier molecular flexibility index (Phi) is 9.71. The van der Waals surface area contributed by atoms with Crippen molar-refractivity contribution in [3.05, 3.63) is 28.6 Å². The lowest BCUT2D eigenvalue weighted by Gasteiger charge is -2.17. The van der Waals surface area contributed by atoms with Crippen molar-refractivity contribution in [3.8, 4) is 17.2 Å². The van der Waals surface area contributed by atoms with Crippen LogP contribution < -0.4 is 19.8 Å². The molecule has 166 valence electrons. The normalized spacial score (nSPS) is 11.1. The molecule has 0 saturated carbocycles. The number of ether oxygens (including phenoxy) is 3. The zero-order valence-electron chi connectivity index (χ0n) is 18.6. The highest BCUT2D eigenvalue weighted by Gasteiger charge is 2.22. The Bertz CT molecular complexity index is 868. The average molecular weight is 419 g/mol. The van der Waals surface area contributed by atoms with Crippen LogP contribution in [0.2, 0.25) is 0 Å². The predicted molar refractivity (Wildman–Crippen MR) is 118 cm³/mol. The molecule has 1 aromatic carbocycles. The van der Waals surface area contributed by atoms with Crippen LogP contribution in [-0.4, -0.2) is 18.7 Å². The zero-order chi connectivity index (χ0) is 21.9. The minimum absolute atomic E-state index is 0.0108. The third-order valence-corrected chi connectivity index (χ3v) is 4.66. The molecule has 0 amide bonds. The minimum atomic E-state index is -0.609. The van der Waals surface area contributed by atoms with Gasteiger partial charge in [0.05, 0.1) is 12.7 Å². The van der Waals surface area contributed by atoms with Crippen molar-refractivity contribution in [3.63, 3.8) is 0 Å². The number of rotatable bonds is 13. The summed E-state index contributed by atoms with van der Waals surface area (Å²) in [5.74, 6) is 0.101. The Balaban J connectivity index is 2.18. The van der Waals surface area contributed by atoms with E-state index in [9.17, 15) is 9.59 Å². The number of esters is 1. The van der Waals surface area contributed by atoms with E-state index in [-0.39, 0.29) is 23.4 Å². The van der Waals surface area contributed by atoms with Gasteiger partial charge < -0.3 is 18.6 Å². The van der Waals surface area contributed by atoms with Crippen molar-refractivity contribution in [2.75, 3.05) is 6.61 Å². The van der Waals surface area contributed by atoms with E-state index in [0.29, 0.717) is 17.6 Å². The van der Waals surface area contributed by atoms with Gasteiger partial charge >= 0.3 is 11.6 Å². The molecular weight excluding hydrogens is 384 g/mol. The molecule has 0 aliphatic heterocycles. The van der Waals surface area contributed by atoms with Crippen LogP contribution in [0.15, 0.2) is 27.4 Å². The molecular formula is C24H34O6. The molecule has 0 atom stereocenters. The highest BCUT2D eigenvalue weighted by atomic mass is 16.5. The van der Waals surface area contributed by atoms with Gasteiger partial charge in [0.25, 0.3) is 0 Å². The molecule has 0 aliphatic rings. The summed E-state index contributed by atoms with van der Waals surface area (Å²) in [6.07, 6.45) is 9.21. The maximum Gasteiger partial charge on any atom is 0.383 e. The first-order valence-corrected chi connectivity index (χ1v) is 11.0. The summed E-state index contributed by atoms with van der Waals surface area (Å²) >= 11 is 0. The van der Waals surface area contributed by atoms with E-state index < -0.39 is 11.6 Å². The monoisotopic (exact) mass is 418 g/mol. The number of fused-ring (bicyclic) bond motifs is 1. The number of carbonyl (C=O) groups is 1. The molecule has 0 radical (unpaired) electrons. The Hall–Kier alpha value is -2.50. The first kappa shape index (κ1) is 23.8. The molecule has 0 fully saturated rings. The first-order valence-electron chi connectivity index (χ1n) is 11.0. The molecule has 2 aromatic rings. The zero-order valence-corrected chi connectivity index (χ0v) is 18.6. The second-order valence-electron chi connectivity index (χ2n) is 7.76. The van der Waals surface area contributed by atoms with E-state index in [4.69, 9.17) is 18.6 Å². The van der Waals surface area contributed by atoms with Crippen molar-refractivity contribution in [1.82, 2.24) is 0 Å². The van der Waals surface area contributed by atoms with Crippen LogP contribution in [0.1, 0.15) is 79.1 Å². The van der Waals surface area contributed by atoms with Gasteiger partial charge in [-0.05, 0) is 32.4 Å². The standard InChI is InChI=1S/C24H34O6/c1-5-6-7-8-9-10-11-12-16-27-22-21-19(29-18(4)25)14-13-15-20(21)30-24(26)23(22)28-17(2)3/h13-15,17H,5-12,16H2,1-4H3.